The minimum absolute atomic E-state index is 0.180. The van der Waals surface area contributed by atoms with Crippen molar-refractivity contribution in [1.29, 1.82) is 0 Å². The van der Waals surface area contributed by atoms with E-state index in [4.69, 9.17) is 16.3 Å². The highest BCUT2D eigenvalue weighted by Gasteiger charge is 2.71. The Kier molecular flexibility index (Phi) is 5.34. The number of aliphatic hydroxyl groups is 1. The van der Waals surface area contributed by atoms with Crippen molar-refractivity contribution in [1.82, 2.24) is 4.90 Å². The van der Waals surface area contributed by atoms with E-state index in [0.29, 0.717) is 17.3 Å². The number of benzene rings is 1. The zero-order valence-corrected chi connectivity index (χ0v) is 19.0. The Hall–Kier alpha value is -2.29. The number of ether oxygens (including phenoxy) is 1. The van der Waals surface area contributed by atoms with Crippen molar-refractivity contribution in [3.8, 4) is 0 Å². The molecule has 5 rings (SSSR count). The van der Waals surface area contributed by atoms with Gasteiger partial charge in [0.25, 0.3) is 5.91 Å². The third-order valence-electron chi connectivity index (χ3n) is 6.73. The van der Waals surface area contributed by atoms with Crippen LogP contribution >= 0.6 is 23.4 Å². The molecular weight excluding hydrogens is 452 g/mol. The summed E-state index contributed by atoms with van der Waals surface area (Å²) in [6, 6.07) is 5.55. The Bertz CT molecular complexity index is 1030. The number of aliphatic hydroxyl groups excluding tert-OH is 1. The largest absolute Gasteiger partial charge is 0.461 e. The van der Waals surface area contributed by atoms with Crippen molar-refractivity contribution in [2.24, 2.45) is 11.8 Å². The summed E-state index contributed by atoms with van der Waals surface area (Å²) in [7, 11) is 0. The summed E-state index contributed by atoms with van der Waals surface area (Å²) in [5.74, 6) is -2.37. The normalized spacial score (nSPS) is 34.5. The number of likely N-dealkylation sites (tertiary alicyclic amines) is 1. The molecule has 0 aliphatic carbocycles. The number of esters is 1. The Morgan fingerprint density at radius 3 is 2.69 bits per heavy atom. The van der Waals surface area contributed by atoms with Crippen molar-refractivity contribution < 1.29 is 24.2 Å². The van der Waals surface area contributed by atoms with Gasteiger partial charge in [-0.15, -0.1) is 11.8 Å². The van der Waals surface area contributed by atoms with Gasteiger partial charge < -0.3 is 19.6 Å². The standard InChI is InChI=1S/C23H23ClN2O5S/c1-13(12-27)26-19-21(29)25(15-7-5-14(24)6-8-15)10-3-9-23(19)18(20(26)28)17-16(32-23)4-2-11-31-22(17)30/h2-9,13,16-19,27H,10-12H2,1H3/t13-,16-,17+,18+,19?,23+/m1/s1. The molecule has 32 heavy (non-hydrogen) atoms. The number of halogens is 1. The van der Waals surface area contributed by atoms with Crippen LogP contribution in [0.5, 0.6) is 0 Å². The van der Waals surface area contributed by atoms with Gasteiger partial charge in [0.1, 0.15) is 12.6 Å². The van der Waals surface area contributed by atoms with Gasteiger partial charge in [-0.25, -0.2) is 0 Å². The Morgan fingerprint density at radius 2 is 1.97 bits per heavy atom. The van der Waals surface area contributed by atoms with Crippen LogP contribution in [-0.2, 0) is 19.1 Å². The molecule has 1 aromatic carbocycles. The summed E-state index contributed by atoms with van der Waals surface area (Å²) in [6.45, 7) is 1.94. The fraction of sp³-hybridized carbons (Fsp3) is 0.435. The van der Waals surface area contributed by atoms with Gasteiger partial charge in [-0.1, -0.05) is 35.9 Å². The minimum Gasteiger partial charge on any atom is -0.461 e. The third kappa shape index (κ3) is 3.03. The van der Waals surface area contributed by atoms with E-state index >= 15 is 0 Å². The van der Waals surface area contributed by atoms with Crippen molar-refractivity contribution in [2.75, 3.05) is 24.7 Å². The molecule has 0 aromatic heterocycles. The van der Waals surface area contributed by atoms with Gasteiger partial charge in [0.05, 0.1) is 29.2 Å². The molecule has 0 radical (unpaired) electrons. The summed E-state index contributed by atoms with van der Waals surface area (Å²) in [6.07, 6.45) is 7.53. The first kappa shape index (κ1) is 21.6. The first-order chi connectivity index (χ1) is 15.4. The number of hydrogen-bond acceptors (Lipinski definition) is 6. The zero-order chi connectivity index (χ0) is 22.6. The number of nitrogens with zero attached hydrogens (tertiary/aromatic N) is 2. The maximum absolute atomic E-state index is 14.0. The summed E-state index contributed by atoms with van der Waals surface area (Å²) in [5.41, 5.74) is 0.671. The number of anilines is 1. The Balaban J connectivity index is 1.64. The summed E-state index contributed by atoms with van der Waals surface area (Å²) < 4.78 is 4.42. The van der Waals surface area contributed by atoms with Gasteiger partial charge in [-0.2, -0.15) is 0 Å². The summed E-state index contributed by atoms with van der Waals surface area (Å²) in [5, 5.41) is 10.2. The van der Waals surface area contributed by atoms with E-state index in [2.05, 4.69) is 0 Å². The van der Waals surface area contributed by atoms with E-state index in [1.165, 1.54) is 16.7 Å². The smallest absolute Gasteiger partial charge is 0.311 e. The lowest BCUT2D eigenvalue weighted by Crippen LogP contribution is -2.56. The van der Waals surface area contributed by atoms with Crippen LogP contribution in [0.2, 0.25) is 5.02 Å². The van der Waals surface area contributed by atoms with Crippen molar-refractivity contribution >= 4 is 46.8 Å². The van der Waals surface area contributed by atoms with Gasteiger partial charge >= 0.3 is 5.97 Å². The predicted octanol–water partition coefficient (Wildman–Crippen LogP) is 2.03. The van der Waals surface area contributed by atoms with Crippen molar-refractivity contribution in [2.45, 2.75) is 29.0 Å². The van der Waals surface area contributed by atoms with E-state index in [1.807, 2.05) is 18.2 Å². The molecule has 2 saturated heterocycles. The molecule has 168 valence electrons. The van der Waals surface area contributed by atoms with Crippen LogP contribution in [0, 0.1) is 11.8 Å². The van der Waals surface area contributed by atoms with Crippen LogP contribution in [0.3, 0.4) is 0 Å². The van der Waals surface area contributed by atoms with Gasteiger partial charge in [0.15, 0.2) is 0 Å². The third-order valence-corrected chi connectivity index (χ3v) is 8.72. The molecule has 4 heterocycles. The van der Waals surface area contributed by atoms with E-state index in [-0.39, 0.29) is 30.3 Å². The topological polar surface area (TPSA) is 87.2 Å². The quantitative estimate of drug-likeness (QED) is 0.533. The average Bonchev–Trinajstić information content (AvgIpc) is 3.09. The molecule has 4 aliphatic heterocycles. The molecule has 1 unspecified atom stereocenters. The zero-order valence-electron chi connectivity index (χ0n) is 17.4. The van der Waals surface area contributed by atoms with Gasteiger partial charge in [-0.05, 0) is 31.2 Å². The highest BCUT2D eigenvalue weighted by atomic mass is 35.5. The highest BCUT2D eigenvalue weighted by molar-refractivity contribution is 8.02. The van der Waals surface area contributed by atoms with E-state index in [1.54, 1.807) is 42.2 Å². The molecule has 2 amide bonds. The molecule has 0 saturated carbocycles. The van der Waals surface area contributed by atoms with Crippen LogP contribution in [0.1, 0.15) is 6.92 Å². The number of hydrogen-bond donors (Lipinski definition) is 1. The number of amides is 2. The molecule has 7 nitrogen and oxygen atoms in total. The van der Waals surface area contributed by atoms with Crippen LogP contribution < -0.4 is 4.90 Å². The lowest BCUT2D eigenvalue weighted by Gasteiger charge is -2.37. The molecule has 1 N–H and O–H groups in total. The van der Waals surface area contributed by atoms with Gasteiger partial charge in [0, 0.05) is 22.5 Å². The second-order valence-corrected chi connectivity index (χ2v) is 10.4. The summed E-state index contributed by atoms with van der Waals surface area (Å²) >= 11 is 7.51. The van der Waals surface area contributed by atoms with Crippen LogP contribution in [0.25, 0.3) is 0 Å². The summed E-state index contributed by atoms with van der Waals surface area (Å²) in [4.78, 5) is 43.7. The van der Waals surface area contributed by atoms with E-state index < -0.39 is 34.6 Å². The second-order valence-electron chi connectivity index (χ2n) is 8.50. The number of cyclic esters (lactones) is 1. The number of fused-ring (bicyclic) bond motifs is 2. The van der Waals surface area contributed by atoms with Crippen LogP contribution in [-0.4, -0.2) is 69.6 Å². The lowest BCUT2D eigenvalue weighted by atomic mass is 9.78. The average molecular weight is 475 g/mol. The first-order valence-electron chi connectivity index (χ1n) is 10.6. The molecule has 1 spiro atoms. The van der Waals surface area contributed by atoms with Crippen LogP contribution in [0.4, 0.5) is 5.69 Å². The first-order valence-corrected chi connectivity index (χ1v) is 11.8. The predicted molar refractivity (Wildman–Crippen MR) is 121 cm³/mol. The SMILES string of the molecule is C[C@H](CO)N1C(=O)[C@@H]2[C@H]3C(=O)OCC=C[C@H]3S[C@@]23C=CCN(c2ccc(Cl)cc2)C(=O)C13. The fourth-order valence-corrected chi connectivity index (χ4v) is 7.44. The molecule has 9 heteroatoms. The Labute approximate surface area is 195 Å². The lowest BCUT2D eigenvalue weighted by molar-refractivity contribution is -0.152. The van der Waals surface area contributed by atoms with E-state index in [0.717, 1.165) is 0 Å². The number of carbonyl (C=O) groups excluding carboxylic acids is 3. The highest BCUT2D eigenvalue weighted by Crippen LogP contribution is 2.61. The second kappa shape index (κ2) is 7.93. The maximum atomic E-state index is 14.0. The number of carbonyl (C=O) groups is 3. The van der Waals surface area contributed by atoms with E-state index in [9.17, 15) is 19.5 Å². The number of thioether (sulfide) groups is 1. The maximum Gasteiger partial charge on any atom is 0.311 e. The molecular formula is C23H23ClN2O5S. The molecule has 4 aliphatic rings. The van der Waals surface area contributed by atoms with Crippen LogP contribution in [0.15, 0.2) is 48.6 Å². The molecule has 0 bridgehead atoms. The molecule has 2 fully saturated rings. The Morgan fingerprint density at radius 1 is 1.22 bits per heavy atom. The van der Waals surface area contributed by atoms with Crippen molar-refractivity contribution in [3.63, 3.8) is 0 Å². The van der Waals surface area contributed by atoms with Gasteiger partial charge in [0.2, 0.25) is 5.91 Å². The van der Waals surface area contributed by atoms with Crippen molar-refractivity contribution in [3.05, 3.63) is 53.6 Å². The molecule has 6 atom stereocenters. The molecule has 1 aromatic rings. The number of rotatable bonds is 3. The minimum atomic E-state index is -0.922. The fourth-order valence-electron chi connectivity index (χ4n) is 5.32. The van der Waals surface area contributed by atoms with Gasteiger partial charge in [-0.3, -0.25) is 14.4 Å². The monoisotopic (exact) mass is 474 g/mol.